The highest BCUT2D eigenvalue weighted by molar-refractivity contribution is 6.07. The van der Waals surface area contributed by atoms with E-state index in [9.17, 15) is 19.5 Å². The molecule has 7 heteroatoms. The smallest absolute Gasteiger partial charge is 0.333 e. The molecule has 0 fully saturated rings. The average Bonchev–Trinajstić information content (AvgIpc) is 2.55. The molecule has 0 saturated carbocycles. The van der Waals surface area contributed by atoms with Crippen LogP contribution in [0.2, 0.25) is 0 Å². The summed E-state index contributed by atoms with van der Waals surface area (Å²) in [4.78, 5) is 40.0. The summed E-state index contributed by atoms with van der Waals surface area (Å²) in [6.45, 7) is 0. The Bertz CT molecular complexity index is 1100. The number of amides is 1. The molecule has 0 spiro atoms. The van der Waals surface area contributed by atoms with Crippen molar-refractivity contribution >= 4 is 18.1 Å². The van der Waals surface area contributed by atoms with Gasteiger partial charge in [-0.15, -0.1) is 0 Å². The highest BCUT2D eigenvalue weighted by atomic mass is 16.3. The number of para-hydroxylation sites is 1. The van der Waals surface area contributed by atoms with Gasteiger partial charge in [-0.1, -0.05) is 18.2 Å². The summed E-state index contributed by atoms with van der Waals surface area (Å²) in [5, 5.41) is 11.3. The zero-order chi connectivity index (χ0) is 16.7. The van der Waals surface area contributed by atoms with E-state index in [0.29, 0.717) is 5.36 Å². The van der Waals surface area contributed by atoms with Crippen molar-refractivity contribution in [2.24, 2.45) is 19.1 Å². The number of hydrogen-bond acceptors (Lipinski definition) is 4. The van der Waals surface area contributed by atoms with E-state index < -0.39 is 23.0 Å². The van der Waals surface area contributed by atoms with Gasteiger partial charge in [-0.3, -0.25) is 18.7 Å². The van der Waals surface area contributed by atoms with E-state index in [1.807, 2.05) is 0 Å². The van der Waals surface area contributed by atoms with Gasteiger partial charge in [-0.2, -0.15) is 0 Å². The summed E-state index contributed by atoms with van der Waals surface area (Å²) in [6.07, 6.45) is 2.84. The second-order valence-corrected chi connectivity index (χ2v) is 5.16. The van der Waals surface area contributed by atoms with Gasteiger partial charge in [0.15, 0.2) is 0 Å². The summed E-state index contributed by atoms with van der Waals surface area (Å²) < 4.78 is 1.80. The third-order valence-electron chi connectivity index (χ3n) is 3.68. The summed E-state index contributed by atoms with van der Waals surface area (Å²) >= 11 is 0. The van der Waals surface area contributed by atoms with Crippen molar-refractivity contribution in [3.63, 3.8) is 0 Å². The van der Waals surface area contributed by atoms with Crippen LogP contribution in [0.5, 0.6) is 5.88 Å². The number of carbonyl (C=O) groups excluding carboxylic acids is 1. The Labute approximate surface area is 129 Å². The van der Waals surface area contributed by atoms with E-state index in [0.717, 1.165) is 14.4 Å². The Balaban J connectivity index is 2.29. The quantitative estimate of drug-likeness (QED) is 0.670. The lowest BCUT2D eigenvalue weighted by atomic mass is 10.1. The van der Waals surface area contributed by atoms with E-state index in [1.165, 1.54) is 20.2 Å². The molecule has 1 aromatic heterocycles. The van der Waals surface area contributed by atoms with Gasteiger partial charge in [0, 0.05) is 24.9 Å². The molecule has 3 rings (SSSR count). The fraction of sp³-hybridized carbons (Fsp3) is 0.125. The lowest BCUT2D eigenvalue weighted by Gasteiger charge is -2.09. The lowest BCUT2D eigenvalue weighted by Crippen LogP contribution is -2.38. The Morgan fingerprint density at radius 1 is 1.09 bits per heavy atom. The first kappa shape index (κ1) is 14.7. The number of aromatic hydroxyl groups is 1. The molecule has 1 aromatic carbocycles. The Morgan fingerprint density at radius 3 is 2.52 bits per heavy atom. The van der Waals surface area contributed by atoms with Gasteiger partial charge in [-0.05, 0) is 18.2 Å². The Kier molecular flexibility index (Phi) is 3.33. The molecule has 116 valence electrons. The molecule has 1 aliphatic heterocycles. The van der Waals surface area contributed by atoms with Gasteiger partial charge >= 0.3 is 5.69 Å². The first-order chi connectivity index (χ1) is 10.9. The molecule has 0 saturated heterocycles. The van der Waals surface area contributed by atoms with Gasteiger partial charge in [0.1, 0.15) is 5.56 Å². The predicted molar refractivity (Wildman–Crippen MR) is 83.3 cm³/mol. The second kappa shape index (κ2) is 5.20. The minimum absolute atomic E-state index is 0.135. The highest BCUT2D eigenvalue weighted by Gasteiger charge is 2.16. The van der Waals surface area contributed by atoms with Crippen LogP contribution in [0.4, 0.5) is 0 Å². The maximum atomic E-state index is 12.2. The van der Waals surface area contributed by atoms with Gasteiger partial charge in [0.25, 0.3) is 11.5 Å². The number of hydrogen-bond donors (Lipinski definition) is 1. The minimum atomic E-state index is -0.682. The SMILES string of the molecule is Cn1c(O)c(C=C2C=c3ccccc3=NC2=O)c(=O)n(C)c1=O. The summed E-state index contributed by atoms with van der Waals surface area (Å²) in [7, 11) is 2.64. The lowest BCUT2D eigenvalue weighted by molar-refractivity contribution is -0.114. The molecule has 0 aliphatic carbocycles. The molecule has 0 radical (unpaired) electrons. The molecule has 1 N–H and O–H groups in total. The second-order valence-electron chi connectivity index (χ2n) is 5.16. The van der Waals surface area contributed by atoms with E-state index in [2.05, 4.69) is 4.99 Å². The van der Waals surface area contributed by atoms with Crippen molar-refractivity contribution in [2.75, 3.05) is 0 Å². The van der Waals surface area contributed by atoms with Crippen LogP contribution in [0.3, 0.4) is 0 Å². The van der Waals surface area contributed by atoms with Gasteiger partial charge in [0.2, 0.25) is 5.88 Å². The fourth-order valence-corrected chi connectivity index (χ4v) is 2.36. The first-order valence-electron chi connectivity index (χ1n) is 6.80. The van der Waals surface area contributed by atoms with Crippen molar-refractivity contribution in [3.8, 4) is 5.88 Å². The average molecular weight is 311 g/mol. The van der Waals surface area contributed by atoms with Crippen LogP contribution in [0.25, 0.3) is 12.2 Å². The van der Waals surface area contributed by atoms with Crippen LogP contribution in [-0.2, 0) is 18.9 Å². The fourth-order valence-electron chi connectivity index (χ4n) is 2.36. The third kappa shape index (κ3) is 2.32. The maximum absolute atomic E-state index is 12.2. The van der Waals surface area contributed by atoms with E-state index in [4.69, 9.17) is 0 Å². The van der Waals surface area contributed by atoms with Crippen LogP contribution in [0, 0.1) is 0 Å². The van der Waals surface area contributed by atoms with Gasteiger partial charge in [-0.25, -0.2) is 9.79 Å². The summed E-state index contributed by atoms with van der Waals surface area (Å²) in [5.74, 6) is -1.01. The number of rotatable bonds is 1. The number of nitrogens with zero attached hydrogens (tertiary/aromatic N) is 3. The number of carbonyl (C=O) groups is 1. The Hall–Kier alpha value is -3.22. The molecular weight excluding hydrogens is 298 g/mol. The number of fused-ring (bicyclic) bond motifs is 1. The largest absolute Gasteiger partial charge is 0.494 e. The molecule has 1 amide bonds. The zero-order valence-corrected chi connectivity index (χ0v) is 12.5. The van der Waals surface area contributed by atoms with Crippen molar-refractivity contribution in [1.29, 1.82) is 0 Å². The van der Waals surface area contributed by atoms with Crippen molar-refractivity contribution in [3.05, 3.63) is 66.8 Å². The van der Waals surface area contributed by atoms with E-state index in [1.54, 1.807) is 30.3 Å². The van der Waals surface area contributed by atoms with Crippen molar-refractivity contribution < 1.29 is 9.90 Å². The number of aromatic nitrogens is 2. The summed E-state index contributed by atoms with van der Waals surface area (Å²) in [6, 6.07) is 7.08. The molecule has 2 heterocycles. The van der Waals surface area contributed by atoms with Crippen LogP contribution in [0.15, 0.2) is 44.4 Å². The van der Waals surface area contributed by atoms with Gasteiger partial charge < -0.3 is 5.11 Å². The molecule has 2 aromatic rings. The topological polar surface area (TPSA) is 93.7 Å². The van der Waals surface area contributed by atoms with Crippen LogP contribution in [-0.4, -0.2) is 20.1 Å². The molecule has 7 nitrogen and oxygen atoms in total. The monoisotopic (exact) mass is 311 g/mol. The third-order valence-corrected chi connectivity index (χ3v) is 3.68. The molecule has 23 heavy (non-hydrogen) atoms. The van der Waals surface area contributed by atoms with Gasteiger partial charge in [0.05, 0.1) is 5.36 Å². The van der Waals surface area contributed by atoms with Crippen LogP contribution >= 0.6 is 0 Å². The zero-order valence-electron chi connectivity index (χ0n) is 12.5. The first-order valence-corrected chi connectivity index (χ1v) is 6.80. The maximum Gasteiger partial charge on any atom is 0.333 e. The normalized spacial score (nSPS) is 15.0. The molecule has 1 aliphatic rings. The van der Waals surface area contributed by atoms with Crippen LogP contribution < -0.4 is 21.8 Å². The van der Waals surface area contributed by atoms with Crippen LogP contribution in [0.1, 0.15) is 5.56 Å². The molecule has 0 bridgehead atoms. The number of benzene rings is 1. The predicted octanol–water partition coefficient (Wildman–Crippen LogP) is -1.19. The van der Waals surface area contributed by atoms with E-state index >= 15 is 0 Å². The minimum Gasteiger partial charge on any atom is -0.494 e. The Morgan fingerprint density at radius 2 is 1.78 bits per heavy atom. The van der Waals surface area contributed by atoms with Crippen molar-refractivity contribution in [2.45, 2.75) is 0 Å². The summed E-state index contributed by atoms with van der Waals surface area (Å²) in [5.41, 5.74) is -1.31. The highest BCUT2D eigenvalue weighted by Crippen LogP contribution is 2.15. The molecular formula is C16H13N3O4. The van der Waals surface area contributed by atoms with E-state index in [-0.39, 0.29) is 11.1 Å². The standard InChI is InChI=1S/C16H13N3O4/c1-18-14(21)11(15(22)19(2)16(18)23)8-10-7-9-5-3-4-6-12(9)17-13(10)20/h3-8,21H,1-2H3. The van der Waals surface area contributed by atoms with Crippen molar-refractivity contribution in [1.82, 2.24) is 9.13 Å². The molecule has 0 unspecified atom stereocenters. The molecule has 0 atom stereocenters.